The molecule has 26 heavy (non-hydrogen) atoms. The Labute approximate surface area is 160 Å². The average Bonchev–Trinajstić information content (AvgIpc) is 2.70. The molecule has 132 valence electrons. The van der Waals surface area contributed by atoms with Gasteiger partial charge in [-0.2, -0.15) is 0 Å². The molecule has 0 unspecified atom stereocenters. The van der Waals surface area contributed by atoms with Crippen LogP contribution in [0.4, 0.5) is 17.1 Å². The molecule has 0 bridgehead atoms. The van der Waals surface area contributed by atoms with Gasteiger partial charge < -0.3 is 4.90 Å². The van der Waals surface area contributed by atoms with E-state index < -0.39 is 0 Å². The smallest absolute Gasteiger partial charge is 0.162 e. The molecular formula is C23H22ClNO. The highest BCUT2D eigenvalue weighted by Gasteiger charge is 2.12. The van der Waals surface area contributed by atoms with Gasteiger partial charge in [-0.3, -0.25) is 4.79 Å². The summed E-state index contributed by atoms with van der Waals surface area (Å²) in [7, 11) is 0. The molecule has 0 heterocycles. The van der Waals surface area contributed by atoms with Gasteiger partial charge in [0.1, 0.15) is 0 Å². The fourth-order valence-corrected chi connectivity index (χ4v) is 3.11. The van der Waals surface area contributed by atoms with Gasteiger partial charge in [0.2, 0.25) is 0 Å². The van der Waals surface area contributed by atoms with Crippen LogP contribution in [-0.4, -0.2) is 11.7 Å². The van der Waals surface area contributed by atoms with E-state index in [1.165, 1.54) is 0 Å². The molecule has 3 rings (SSSR count). The van der Waals surface area contributed by atoms with Crippen LogP contribution in [0.3, 0.4) is 0 Å². The molecule has 0 fully saturated rings. The number of anilines is 3. The molecule has 0 aromatic heterocycles. The number of hydrogen-bond acceptors (Lipinski definition) is 2. The number of halogens is 1. The predicted octanol–water partition coefficient (Wildman–Crippen LogP) is 6.75. The van der Waals surface area contributed by atoms with E-state index in [2.05, 4.69) is 29.2 Å². The van der Waals surface area contributed by atoms with Gasteiger partial charge in [-0.15, -0.1) is 11.6 Å². The molecule has 0 saturated heterocycles. The Bertz CT molecular complexity index is 776. The Hall–Kier alpha value is -2.58. The van der Waals surface area contributed by atoms with E-state index in [-0.39, 0.29) is 5.78 Å². The zero-order chi connectivity index (χ0) is 18.2. The number of ketones is 1. The van der Waals surface area contributed by atoms with Crippen LogP contribution < -0.4 is 4.90 Å². The minimum atomic E-state index is 0.174. The van der Waals surface area contributed by atoms with Crippen LogP contribution in [0.25, 0.3) is 0 Å². The number of carbonyl (C=O) groups excluding carboxylic acids is 1. The first-order valence-electron chi connectivity index (χ1n) is 8.89. The second-order valence-electron chi connectivity index (χ2n) is 6.12. The van der Waals surface area contributed by atoms with Gasteiger partial charge in [-0.1, -0.05) is 36.4 Å². The second kappa shape index (κ2) is 9.21. The highest BCUT2D eigenvalue weighted by atomic mass is 35.5. The maximum atomic E-state index is 12.3. The van der Waals surface area contributed by atoms with Crippen LogP contribution in [0.2, 0.25) is 0 Å². The first-order chi connectivity index (χ1) is 12.8. The topological polar surface area (TPSA) is 20.3 Å². The van der Waals surface area contributed by atoms with Crippen molar-refractivity contribution in [3.8, 4) is 0 Å². The minimum absolute atomic E-state index is 0.174. The van der Waals surface area contributed by atoms with Crippen molar-refractivity contribution in [1.82, 2.24) is 0 Å². The van der Waals surface area contributed by atoms with Crippen molar-refractivity contribution in [3.63, 3.8) is 0 Å². The molecule has 3 aromatic carbocycles. The highest BCUT2D eigenvalue weighted by molar-refractivity contribution is 6.17. The number of carbonyl (C=O) groups is 1. The van der Waals surface area contributed by atoms with Crippen LogP contribution in [0.1, 0.15) is 29.6 Å². The zero-order valence-electron chi connectivity index (χ0n) is 14.6. The standard InChI is InChI=1S/C23H22ClNO/c24-18-8-7-13-23(26)19-14-16-22(17-15-19)25(20-9-3-1-4-10-20)21-11-5-2-6-12-21/h1-6,9-12,14-17H,7-8,13,18H2. The number of nitrogens with zero attached hydrogens (tertiary/aromatic N) is 1. The third-order valence-electron chi connectivity index (χ3n) is 4.26. The Morgan fingerprint density at radius 3 is 1.69 bits per heavy atom. The Kier molecular flexibility index (Phi) is 6.45. The van der Waals surface area contributed by atoms with Crippen LogP contribution in [0.15, 0.2) is 84.9 Å². The molecule has 0 radical (unpaired) electrons. The molecule has 0 amide bonds. The molecular weight excluding hydrogens is 342 g/mol. The van der Waals surface area contributed by atoms with Gasteiger partial charge in [0.15, 0.2) is 5.78 Å². The Balaban J connectivity index is 1.87. The molecule has 0 spiro atoms. The van der Waals surface area contributed by atoms with Crippen LogP contribution in [0, 0.1) is 0 Å². The lowest BCUT2D eigenvalue weighted by Gasteiger charge is -2.25. The van der Waals surface area contributed by atoms with Crippen LogP contribution in [-0.2, 0) is 0 Å². The van der Waals surface area contributed by atoms with E-state index >= 15 is 0 Å². The third kappa shape index (κ3) is 4.53. The molecule has 2 nitrogen and oxygen atoms in total. The molecule has 0 aliphatic carbocycles. The minimum Gasteiger partial charge on any atom is -0.311 e. The molecule has 0 atom stereocenters. The van der Waals surface area contributed by atoms with Gasteiger partial charge in [0.05, 0.1) is 0 Å². The fraction of sp³-hybridized carbons (Fsp3) is 0.174. The van der Waals surface area contributed by atoms with Gasteiger partial charge in [-0.05, 0) is 61.4 Å². The lowest BCUT2D eigenvalue weighted by atomic mass is 10.0. The van der Waals surface area contributed by atoms with Crippen LogP contribution in [0.5, 0.6) is 0 Å². The van der Waals surface area contributed by atoms with E-state index in [1.54, 1.807) is 0 Å². The summed E-state index contributed by atoms with van der Waals surface area (Å²) in [6.07, 6.45) is 2.26. The Morgan fingerprint density at radius 1 is 0.692 bits per heavy atom. The molecule has 3 aromatic rings. The first-order valence-corrected chi connectivity index (χ1v) is 9.42. The van der Waals surface area contributed by atoms with Gasteiger partial charge >= 0.3 is 0 Å². The van der Waals surface area contributed by atoms with E-state index in [0.29, 0.717) is 12.3 Å². The van der Waals surface area contributed by atoms with Crippen molar-refractivity contribution in [2.45, 2.75) is 19.3 Å². The first kappa shape index (κ1) is 18.2. The van der Waals surface area contributed by atoms with Crippen molar-refractivity contribution in [2.24, 2.45) is 0 Å². The SMILES string of the molecule is O=C(CCCCCl)c1ccc(N(c2ccccc2)c2ccccc2)cc1. The molecule has 0 aliphatic heterocycles. The summed E-state index contributed by atoms with van der Waals surface area (Å²) in [6, 6.07) is 28.3. The normalized spacial score (nSPS) is 10.5. The summed E-state index contributed by atoms with van der Waals surface area (Å²) in [6.45, 7) is 0. The summed E-state index contributed by atoms with van der Waals surface area (Å²) >= 11 is 5.69. The molecule has 0 saturated carbocycles. The largest absolute Gasteiger partial charge is 0.311 e. The maximum absolute atomic E-state index is 12.3. The van der Waals surface area contributed by atoms with Gasteiger partial charge in [0, 0.05) is 34.9 Å². The predicted molar refractivity (Wildman–Crippen MR) is 110 cm³/mol. The second-order valence-corrected chi connectivity index (χ2v) is 6.50. The zero-order valence-corrected chi connectivity index (χ0v) is 15.4. The van der Waals surface area contributed by atoms with Crippen molar-refractivity contribution < 1.29 is 4.79 Å². The number of benzene rings is 3. The molecule has 0 aliphatic rings. The summed E-state index contributed by atoms with van der Waals surface area (Å²) in [4.78, 5) is 14.5. The number of para-hydroxylation sites is 2. The van der Waals surface area contributed by atoms with Crippen molar-refractivity contribution in [1.29, 1.82) is 0 Å². The molecule has 0 N–H and O–H groups in total. The Morgan fingerprint density at radius 2 is 1.19 bits per heavy atom. The van der Waals surface area contributed by atoms with Crippen molar-refractivity contribution in [3.05, 3.63) is 90.5 Å². The summed E-state index contributed by atoms with van der Waals surface area (Å²) < 4.78 is 0. The number of hydrogen-bond donors (Lipinski definition) is 0. The fourth-order valence-electron chi connectivity index (χ4n) is 2.92. The summed E-state index contributed by atoms with van der Waals surface area (Å²) in [5.41, 5.74) is 3.95. The highest BCUT2D eigenvalue weighted by Crippen LogP contribution is 2.34. The quantitative estimate of drug-likeness (QED) is 0.250. The lowest BCUT2D eigenvalue weighted by molar-refractivity contribution is 0.0980. The van der Waals surface area contributed by atoms with E-state index in [0.717, 1.165) is 35.5 Å². The number of alkyl halides is 1. The number of Topliss-reactive ketones (excluding diaryl/α,β-unsaturated/α-hetero) is 1. The average molecular weight is 364 g/mol. The molecule has 3 heteroatoms. The summed E-state index contributed by atoms with van der Waals surface area (Å²) in [5.74, 6) is 0.780. The van der Waals surface area contributed by atoms with Crippen molar-refractivity contribution in [2.75, 3.05) is 10.8 Å². The van der Waals surface area contributed by atoms with Crippen molar-refractivity contribution >= 4 is 34.4 Å². The number of unbranched alkanes of at least 4 members (excludes halogenated alkanes) is 1. The third-order valence-corrected chi connectivity index (χ3v) is 4.53. The van der Waals surface area contributed by atoms with E-state index in [9.17, 15) is 4.79 Å². The maximum Gasteiger partial charge on any atom is 0.162 e. The number of rotatable bonds is 8. The lowest BCUT2D eigenvalue weighted by Crippen LogP contribution is -2.10. The van der Waals surface area contributed by atoms with Gasteiger partial charge in [-0.25, -0.2) is 0 Å². The summed E-state index contributed by atoms with van der Waals surface area (Å²) in [5, 5.41) is 0. The van der Waals surface area contributed by atoms with Gasteiger partial charge in [0.25, 0.3) is 0 Å². The van der Waals surface area contributed by atoms with E-state index in [1.807, 2.05) is 60.7 Å². The monoisotopic (exact) mass is 363 g/mol. The van der Waals surface area contributed by atoms with E-state index in [4.69, 9.17) is 11.6 Å². The van der Waals surface area contributed by atoms with Crippen LogP contribution >= 0.6 is 11.6 Å².